The monoisotopic (exact) mass is 358 g/mol. The molecule has 2 aliphatic heterocycles. The summed E-state index contributed by atoms with van der Waals surface area (Å²) in [6.45, 7) is 3.98. The molecule has 0 unspecified atom stereocenters. The lowest BCUT2D eigenvalue weighted by Crippen LogP contribution is -2.44. The number of hydrogen-bond acceptors (Lipinski definition) is 3. The molecule has 25 heavy (non-hydrogen) atoms. The minimum atomic E-state index is 0. The van der Waals surface area contributed by atoms with Crippen molar-refractivity contribution in [2.75, 3.05) is 13.2 Å². The summed E-state index contributed by atoms with van der Waals surface area (Å²) in [6.07, 6.45) is 4.46. The molecule has 0 amide bonds. The first-order valence-electron chi connectivity index (χ1n) is 9.04. The third-order valence-electron chi connectivity index (χ3n) is 5.42. The Morgan fingerprint density at radius 3 is 2.80 bits per heavy atom. The highest BCUT2D eigenvalue weighted by molar-refractivity contribution is 5.85. The predicted molar refractivity (Wildman–Crippen MR) is 104 cm³/mol. The molecule has 2 atom stereocenters. The molecule has 2 aromatic carbocycles. The van der Waals surface area contributed by atoms with Gasteiger partial charge in [-0.1, -0.05) is 48.0 Å². The molecule has 0 spiro atoms. The molecule has 3 nitrogen and oxygen atoms in total. The second-order valence-electron chi connectivity index (χ2n) is 7.21. The van der Waals surface area contributed by atoms with Crippen LogP contribution in [0.2, 0.25) is 0 Å². The number of nitrogens with zero attached hydrogens (tertiary/aromatic N) is 1. The van der Waals surface area contributed by atoms with Gasteiger partial charge in [-0.25, -0.2) is 5.01 Å². The molecule has 4 rings (SSSR count). The Labute approximate surface area is 156 Å². The van der Waals surface area contributed by atoms with Crippen LogP contribution in [0.1, 0.15) is 41.1 Å². The summed E-state index contributed by atoms with van der Waals surface area (Å²) in [6, 6.07) is 15.6. The summed E-state index contributed by atoms with van der Waals surface area (Å²) in [5.74, 6) is 8.07. The largest absolute Gasteiger partial charge is 0.493 e. The molecule has 1 saturated heterocycles. The van der Waals surface area contributed by atoms with Gasteiger partial charge in [0.1, 0.15) is 5.75 Å². The van der Waals surface area contributed by atoms with Gasteiger partial charge in [0, 0.05) is 13.0 Å². The number of hydrogen-bond donors (Lipinski definition) is 1. The highest BCUT2D eigenvalue weighted by Crippen LogP contribution is 2.39. The number of benzene rings is 2. The summed E-state index contributed by atoms with van der Waals surface area (Å²) in [4.78, 5) is 0. The maximum Gasteiger partial charge on any atom is 0.125 e. The lowest BCUT2D eigenvalue weighted by atomic mass is 9.81. The van der Waals surface area contributed by atoms with Gasteiger partial charge in [-0.05, 0) is 48.8 Å². The number of aryl methyl sites for hydroxylation is 1. The molecular weight excluding hydrogens is 332 g/mol. The van der Waals surface area contributed by atoms with Crippen molar-refractivity contribution in [1.82, 2.24) is 5.01 Å². The van der Waals surface area contributed by atoms with Gasteiger partial charge in [-0.15, -0.1) is 12.4 Å². The fourth-order valence-corrected chi connectivity index (χ4v) is 4.43. The van der Waals surface area contributed by atoms with Crippen molar-refractivity contribution in [3.05, 3.63) is 64.7 Å². The third-order valence-corrected chi connectivity index (χ3v) is 5.42. The first-order valence-corrected chi connectivity index (χ1v) is 9.04. The smallest absolute Gasteiger partial charge is 0.125 e. The highest BCUT2D eigenvalue weighted by atomic mass is 35.5. The molecule has 0 bridgehead atoms. The summed E-state index contributed by atoms with van der Waals surface area (Å²) >= 11 is 0. The van der Waals surface area contributed by atoms with E-state index in [0.29, 0.717) is 5.92 Å². The van der Waals surface area contributed by atoms with E-state index in [1.807, 2.05) is 5.01 Å². The maximum absolute atomic E-state index is 6.40. The fraction of sp³-hybridized carbons (Fsp3) is 0.429. The normalized spacial score (nSPS) is 22.8. The zero-order valence-corrected chi connectivity index (χ0v) is 15.6. The molecule has 2 N–H and O–H groups in total. The molecule has 2 aromatic rings. The zero-order valence-electron chi connectivity index (χ0n) is 14.8. The maximum atomic E-state index is 6.40. The molecule has 0 aromatic heterocycles. The van der Waals surface area contributed by atoms with Crippen molar-refractivity contribution in [1.29, 1.82) is 0 Å². The Balaban J connectivity index is 0.00000182. The van der Waals surface area contributed by atoms with E-state index in [-0.39, 0.29) is 18.4 Å². The van der Waals surface area contributed by atoms with Crippen LogP contribution in [0.4, 0.5) is 0 Å². The van der Waals surface area contributed by atoms with Crippen molar-refractivity contribution in [3.8, 4) is 5.75 Å². The van der Waals surface area contributed by atoms with Crippen LogP contribution in [0.5, 0.6) is 5.75 Å². The van der Waals surface area contributed by atoms with E-state index in [9.17, 15) is 0 Å². The van der Waals surface area contributed by atoms with Crippen molar-refractivity contribution < 1.29 is 4.74 Å². The molecule has 0 saturated carbocycles. The second kappa shape index (κ2) is 7.77. The van der Waals surface area contributed by atoms with Gasteiger partial charge < -0.3 is 4.74 Å². The number of piperidine rings is 1. The molecular formula is C21H27ClN2O. The second-order valence-corrected chi connectivity index (χ2v) is 7.21. The topological polar surface area (TPSA) is 38.5 Å². The minimum absolute atomic E-state index is 0. The van der Waals surface area contributed by atoms with Gasteiger partial charge in [0.25, 0.3) is 0 Å². The van der Waals surface area contributed by atoms with E-state index >= 15 is 0 Å². The Bertz CT molecular complexity index is 719. The van der Waals surface area contributed by atoms with Crippen LogP contribution in [-0.4, -0.2) is 18.2 Å². The minimum Gasteiger partial charge on any atom is -0.493 e. The van der Waals surface area contributed by atoms with E-state index in [4.69, 9.17) is 10.6 Å². The molecule has 2 heterocycles. The Morgan fingerprint density at radius 2 is 2.00 bits per heavy atom. The van der Waals surface area contributed by atoms with Crippen LogP contribution >= 0.6 is 12.4 Å². The van der Waals surface area contributed by atoms with E-state index in [2.05, 4.69) is 49.4 Å². The molecule has 0 radical (unpaired) electrons. The molecule has 0 aliphatic carbocycles. The highest BCUT2D eigenvalue weighted by Gasteiger charge is 2.32. The SMILES string of the molecule is Cc1cc2c(c(C[C@@H]3CCCN(N)[C@@H]3c3ccccc3)c1)OCC2.Cl. The van der Waals surface area contributed by atoms with Gasteiger partial charge in [-0.2, -0.15) is 0 Å². The lowest BCUT2D eigenvalue weighted by Gasteiger charge is -2.39. The average Bonchev–Trinajstić information content (AvgIpc) is 3.04. The first-order chi connectivity index (χ1) is 11.7. The first kappa shape index (κ1) is 18.2. The van der Waals surface area contributed by atoms with Gasteiger partial charge >= 0.3 is 0 Å². The molecule has 1 fully saturated rings. The summed E-state index contributed by atoms with van der Waals surface area (Å²) in [5.41, 5.74) is 5.41. The number of nitrogens with two attached hydrogens (primary N) is 1. The van der Waals surface area contributed by atoms with Gasteiger partial charge in [0.05, 0.1) is 12.6 Å². The van der Waals surface area contributed by atoms with Gasteiger partial charge in [0.15, 0.2) is 0 Å². The van der Waals surface area contributed by atoms with E-state index < -0.39 is 0 Å². The third kappa shape index (κ3) is 3.69. The summed E-state index contributed by atoms with van der Waals surface area (Å²) in [5, 5.41) is 2.04. The standard InChI is InChI=1S/C21H26N2O.ClH/c1-15-12-18-9-11-24-21(18)19(13-15)14-17-8-5-10-23(22)20(17)16-6-3-2-4-7-16;/h2-4,6-7,12-13,17,20H,5,8-11,14,22H2,1H3;1H/t17-,20+;/m0./s1. The number of hydrazine groups is 1. The van der Waals surface area contributed by atoms with Crippen LogP contribution in [-0.2, 0) is 12.8 Å². The van der Waals surface area contributed by atoms with Crippen molar-refractivity contribution >= 4 is 12.4 Å². The molecule has 2 aliphatic rings. The average molecular weight is 359 g/mol. The van der Waals surface area contributed by atoms with Crippen LogP contribution in [0, 0.1) is 12.8 Å². The van der Waals surface area contributed by atoms with Crippen molar-refractivity contribution in [3.63, 3.8) is 0 Å². The van der Waals surface area contributed by atoms with Gasteiger partial charge in [0.2, 0.25) is 0 Å². The van der Waals surface area contributed by atoms with Crippen LogP contribution < -0.4 is 10.6 Å². The quantitative estimate of drug-likeness (QED) is 0.835. The number of ether oxygens (including phenoxy) is 1. The predicted octanol–water partition coefficient (Wildman–Crippen LogP) is 4.22. The number of rotatable bonds is 3. The van der Waals surface area contributed by atoms with E-state index in [1.54, 1.807) is 0 Å². The van der Waals surface area contributed by atoms with E-state index in [0.717, 1.165) is 31.7 Å². The van der Waals surface area contributed by atoms with Crippen molar-refractivity contribution in [2.24, 2.45) is 11.8 Å². The van der Waals surface area contributed by atoms with Gasteiger partial charge in [-0.3, -0.25) is 5.84 Å². The summed E-state index contributed by atoms with van der Waals surface area (Å²) in [7, 11) is 0. The Morgan fingerprint density at radius 1 is 1.20 bits per heavy atom. The van der Waals surface area contributed by atoms with Crippen molar-refractivity contribution in [2.45, 2.75) is 38.6 Å². The Hall–Kier alpha value is -1.55. The van der Waals surface area contributed by atoms with Crippen LogP contribution in [0.3, 0.4) is 0 Å². The number of fused-ring (bicyclic) bond motifs is 1. The summed E-state index contributed by atoms with van der Waals surface area (Å²) < 4.78 is 5.95. The molecule has 134 valence electrons. The van der Waals surface area contributed by atoms with Crippen LogP contribution in [0.15, 0.2) is 42.5 Å². The fourth-order valence-electron chi connectivity index (χ4n) is 4.43. The number of halogens is 1. The zero-order chi connectivity index (χ0) is 16.5. The lowest BCUT2D eigenvalue weighted by molar-refractivity contribution is 0.0922. The van der Waals surface area contributed by atoms with E-state index in [1.165, 1.54) is 35.1 Å². The Kier molecular flexibility index (Phi) is 5.67. The van der Waals surface area contributed by atoms with Crippen LogP contribution in [0.25, 0.3) is 0 Å². The molecule has 4 heteroatoms.